The highest BCUT2D eigenvalue weighted by atomic mass is 79.9. The van der Waals surface area contributed by atoms with Gasteiger partial charge in [0.05, 0.1) is 18.2 Å². The Morgan fingerprint density at radius 2 is 2.06 bits per heavy atom. The molecule has 82 valence electrons. The zero-order valence-electron chi connectivity index (χ0n) is 8.88. The predicted octanol–water partition coefficient (Wildman–Crippen LogP) is 3.34. The maximum absolute atomic E-state index is 4.17. The summed E-state index contributed by atoms with van der Waals surface area (Å²) in [6, 6.07) is 10.4. The molecule has 0 aliphatic carbocycles. The van der Waals surface area contributed by atoms with Crippen LogP contribution in [-0.2, 0) is 6.54 Å². The molecule has 0 amide bonds. The van der Waals surface area contributed by atoms with Crippen molar-refractivity contribution >= 4 is 22.0 Å². The van der Waals surface area contributed by atoms with Gasteiger partial charge in [0.1, 0.15) is 0 Å². The third-order valence-corrected chi connectivity index (χ3v) is 2.69. The summed E-state index contributed by atoms with van der Waals surface area (Å²) in [4.78, 5) is 4.17. The largest absolute Gasteiger partial charge is 0.327 e. The van der Waals surface area contributed by atoms with Crippen LogP contribution in [0, 0.1) is 0 Å². The van der Waals surface area contributed by atoms with E-state index in [1.165, 1.54) is 5.56 Å². The van der Waals surface area contributed by atoms with Crippen LogP contribution in [0.3, 0.4) is 0 Å². The lowest BCUT2D eigenvalue weighted by atomic mass is 10.2. The first-order valence-corrected chi connectivity index (χ1v) is 6.29. The van der Waals surface area contributed by atoms with Gasteiger partial charge < -0.3 is 4.57 Å². The van der Waals surface area contributed by atoms with Crippen LogP contribution in [0.2, 0.25) is 0 Å². The summed E-state index contributed by atoms with van der Waals surface area (Å²) in [7, 11) is 0. The van der Waals surface area contributed by atoms with Crippen molar-refractivity contribution < 1.29 is 0 Å². The first kappa shape index (κ1) is 11.1. The Kier molecular flexibility index (Phi) is 3.94. The number of benzene rings is 1. The second kappa shape index (κ2) is 5.66. The van der Waals surface area contributed by atoms with Crippen LogP contribution < -0.4 is 0 Å². The number of hydrogen-bond donors (Lipinski definition) is 0. The average molecular weight is 277 g/mol. The Hall–Kier alpha value is -1.35. The molecule has 1 aromatic carbocycles. The minimum atomic E-state index is 0.864. The first-order chi connectivity index (χ1) is 7.90. The second-order valence-electron chi connectivity index (χ2n) is 3.49. The molecule has 0 bridgehead atoms. The van der Waals surface area contributed by atoms with Gasteiger partial charge in [0, 0.05) is 11.9 Å². The smallest absolute Gasteiger partial charge is 0.0953 e. The standard InChI is InChI=1S/C13H13BrN2/c14-8-4-7-13-9-15-11-16(13)10-12-5-2-1-3-6-12/h1-7,9,11H,8,10H2. The molecule has 0 spiro atoms. The van der Waals surface area contributed by atoms with Crippen LogP contribution in [0.5, 0.6) is 0 Å². The highest BCUT2D eigenvalue weighted by Gasteiger charge is 1.98. The lowest BCUT2D eigenvalue weighted by Gasteiger charge is -2.04. The molecule has 1 aromatic heterocycles. The molecule has 0 unspecified atom stereocenters. The molecule has 2 rings (SSSR count). The second-order valence-corrected chi connectivity index (χ2v) is 4.14. The van der Waals surface area contributed by atoms with Gasteiger partial charge in [0.25, 0.3) is 0 Å². The van der Waals surface area contributed by atoms with E-state index in [2.05, 4.69) is 61.9 Å². The fourth-order valence-corrected chi connectivity index (χ4v) is 1.73. The summed E-state index contributed by atoms with van der Waals surface area (Å²) >= 11 is 3.37. The maximum atomic E-state index is 4.17. The van der Waals surface area contributed by atoms with Crippen molar-refractivity contribution in [2.75, 3.05) is 5.33 Å². The quantitative estimate of drug-likeness (QED) is 0.784. The van der Waals surface area contributed by atoms with Gasteiger partial charge in [-0.25, -0.2) is 4.98 Å². The lowest BCUT2D eigenvalue weighted by Crippen LogP contribution is -1.99. The van der Waals surface area contributed by atoms with Crippen LogP contribution in [0.1, 0.15) is 11.3 Å². The monoisotopic (exact) mass is 276 g/mol. The van der Waals surface area contributed by atoms with Crippen molar-refractivity contribution in [2.45, 2.75) is 6.54 Å². The SMILES string of the molecule is BrCC=Cc1cncn1Cc1ccccc1. The Morgan fingerprint density at radius 1 is 1.25 bits per heavy atom. The summed E-state index contributed by atoms with van der Waals surface area (Å²) in [6.07, 6.45) is 7.88. The van der Waals surface area contributed by atoms with E-state index in [4.69, 9.17) is 0 Å². The molecule has 0 saturated carbocycles. The number of imidazole rings is 1. The minimum Gasteiger partial charge on any atom is -0.327 e. The molecule has 1 heterocycles. The summed E-state index contributed by atoms with van der Waals surface area (Å²) in [5.74, 6) is 0. The number of halogens is 1. The molecule has 0 atom stereocenters. The van der Waals surface area contributed by atoms with Crippen LogP contribution in [0.15, 0.2) is 48.9 Å². The van der Waals surface area contributed by atoms with Gasteiger partial charge in [-0.3, -0.25) is 0 Å². The van der Waals surface area contributed by atoms with Gasteiger partial charge in [-0.1, -0.05) is 52.3 Å². The van der Waals surface area contributed by atoms with Gasteiger partial charge >= 0.3 is 0 Å². The topological polar surface area (TPSA) is 17.8 Å². The molecule has 0 radical (unpaired) electrons. The minimum absolute atomic E-state index is 0.864. The van der Waals surface area contributed by atoms with E-state index in [0.29, 0.717) is 0 Å². The molecular weight excluding hydrogens is 264 g/mol. The normalized spacial score (nSPS) is 11.1. The van der Waals surface area contributed by atoms with Gasteiger partial charge in [-0.2, -0.15) is 0 Å². The molecule has 2 aromatic rings. The van der Waals surface area contributed by atoms with Crippen molar-refractivity contribution in [2.24, 2.45) is 0 Å². The summed E-state index contributed by atoms with van der Waals surface area (Å²) in [6.45, 7) is 0.864. The Labute approximate surface area is 104 Å². The van der Waals surface area contributed by atoms with E-state index in [9.17, 15) is 0 Å². The number of allylic oxidation sites excluding steroid dienone is 1. The molecule has 0 saturated heterocycles. The molecular formula is C13H13BrN2. The molecule has 2 nitrogen and oxygen atoms in total. The lowest BCUT2D eigenvalue weighted by molar-refractivity contribution is 0.789. The number of nitrogens with zero attached hydrogens (tertiary/aromatic N) is 2. The van der Waals surface area contributed by atoms with E-state index in [0.717, 1.165) is 17.6 Å². The number of hydrogen-bond acceptors (Lipinski definition) is 1. The highest BCUT2D eigenvalue weighted by Crippen LogP contribution is 2.07. The number of aromatic nitrogens is 2. The molecule has 0 N–H and O–H groups in total. The average Bonchev–Trinajstić information content (AvgIpc) is 2.75. The Morgan fingerprint density at radius 3 is 2.81 bits per heavy atom. The van der Waals surface area contributed by atoms with E-state index in [1.54, 1.807) is 0 Å². The zero-order valence-corrected chi connectivity index (χ0v) is 10.5. The van der Waals surface area contributed by atoms with Crippen molar-refractivity contribution in [3.63, 3.8) is 0 Å². The van der Waals surface area contributed by atoms with E-state index in [1.807, 2.05) is 18.6 Å². The molecule has 16 heavy (non-hydrogen) atoms. The van der Waals surface area contributed by atoms with Gasteiger partial charge in [0.2, 0.25) is 0 Å². The fraction of sp³-hybridized carbons (Fsp3) is 0.154. The van der Waals surface area contributed by atoms with E-state index >= 15 is 0 Å². The van der Waals surface area contributed by atoms with E-state index < -0.39 is 0 Å². The van der Waals surface area contributed by atoms with E-state index in [-0.39, 0.29) is 0 Å². The number of rotatable bonds is 4. The Bertz CT molecular complexity index is 460. The van der Waals surface area contributed by atoms with Crippen LogP contribution in [-0.4, -0.2) is 14.9 Å². The van der Waals surface area contributed by atoms with Gasteiger partial charge in [-0.15, -0.1) is 0 Å². The van der Waals surface area contributed by atoms with Crippen molar-refractivity contribution in [3.05, 3.63) is 60.2 Å². The van der Waals surface area contributed by atoms with Gasteiger partial charge in [-0.05, 0) is 11.6 Å². The predicted molar refractivity (Wildman–Crippen MR) is 70.6 cm³/mol. The Balaban J connectivity index is 2.16. The summed E-state index contributed by atoms with van der Waals surface area (Å²) in [5, 5.41) is 0.865. The van der Waals surface area contributed by atoms with Crippen LogP contribution in [0.4, 0.5) is 0 Å². The molecule has 0 aliphatic rings. The van der Waals surface area contributed by atoms with Gasteiger partial charge in [0.15, 0.2) is 0 Å². The number of alkyl halides is 1. The molecule has 3 heteroatoms. The van der Waals surface area contributed by atoms with Crippen molar-refractivity contribution in [1.82, 2.24) is 9.55 Å². The summed E-state index contributed by atoms with van der Waals surface area (Å²) < 4.78 is 2.13. The first-order valence-electron chi connectivity index (χ1n) is 5.16. The maximum Gasteiger partial charge on any atom is 0.0953 e. The third kappa shape index (κ3) is 2.83. The van der Waals surface area contributed by atoms with Crippen LogP contribution in [0.25, 0.3) is 6.08 Å². The highest BCUT2D eigenvalue weighted by molar-refractivity contribution is 9.09. The molecule has 0 fully saturated rings. The molecule has 0 aliphatic heterocycles. The third-order valence-electron chi connectivity index (χ3n) is 2.32. The van der Waals surface area contributed by atoms with Crippen molar-refractivity contribution in [1.29, 1.82) is 0 Å². The summed E-state index contributed by atoms with van der Waals surface area (Å²) in [5.41, 5.74) is 2.41. The van der Waals surface area contributed by atoms with Crippen LogP contribution >= 0.6 is 15.9 Å². The fourth-order valence-electron chi connectivity index (χ4n) is 1.55. The van der Waals surface area contributed by atoms with Crippen molar-refractivity contribution in [3.8, 4) is 0 Å². The zero-order chi connectivity index (χ0) is 11.2.